The van der Waals surface area contributed by atoms with Crippen molar-refractivity contribution in [3.05, 3.63) is 51.8 Å². The fourth-order valence-corrected chi connectivity index (χ4v) is 2.35. The maximum absolute atomic E-state index is 13.2. The molecule has 0 amide bonds. The smallest absolute Gasteiger partial charge is 0.159 e. The van der Waals surface area contributed by atoms with Crippen LogP contribution in [-0.4, -0.2) is 9.78 Å². The van der Waals surface area contributed by atoms with Gasteiger partial charge in [-0.1, -0.05) is 17.7 Å². The fraction of sp³-hybridized carbons (Fsp3) is 0.357. The minimum atomic E-state index is -0.899. The number of halogens is 3. The molecular weight excluding hydrogens is 284 g/mol. The Bertz CT molecular complexity index is 625. The molecule has 0 bridgehead atoms. The van der Waals surface area contributed by atoms with Crippen LogP contribution in [0.15, 0.2) is 18.2 Å². The molecule has 0 aliphatic rings. The van der Waals surface area contributed by atoms with E-state index >= 15 is 0 Å². The van der Waals surface area contributed by atoms with E-state index in [1.54, 1.807) is 4.68 Å². The second-order valence-corrected chi connectivity index (χ2v) is 5.02. The normalized spacial score (nSPS) is 12.7. The van der Waals surface area contributed by atoms with E-state index in [4.69, 9.17) is 17.3 Å². The van der Waals surface area contributed by atoms with Gasteiger partial charge in [0.2, 0.25) is 0 Å². The van der Waals surface area contributed by atoms with Crippen LogP contribution < -0.4 is 5.73 Å². The van der Waals surface area contributed by atoms with Gasteiger partial charge >= 0.3 is 0 Å². The van der Waals surface area contributed by atoms with E-state index in [2.05, 4.69) is 5.10 Å². The number of hydrogen-bond donors (Lipinski definition) is 1. The van der Waals surface area contributed by atoms with Gasteiger partial charge in [0, 0.05) is 19.0 Å². The average Bonchev–Trinajstić information content (AvgIpc) is 2.69. The Morgan fingerprint density at radius 2 is 2.05 bits per heavy atom. The third-order valence-electron chi connectivity index (χ3n) is 3.24. The summed E-state index contributed by atoms with van der Waals surface area (Å²) in [5.74, 6) is -1.78. The van der Waals surface area contributed by atoms with Gasteiger partial charge in [-0.2, -0.15) is 5.10 Å². The molecule has 1 aromatic heterocycles. The average molecular weight is 300 g/mol. The van der Waals surface area contributed by atoms with Gasteiger partial charge in [-0.05, 0) is 31.5 Å². The lowest BCUT2D eigenvalue weighted by Gasteiger charge is -2.13. The number of aryl methyl sites for hydroxylation is 2. The first kappa shape index (κ1) is 14.9. The van der Waals surface area contributed by atoms with Gasteiger partial charge in [0.25, 0.3) is 0 Å². The van der Waals surface area contributed by atoms with Gasteiger partial charge in [0.05, 0.1) is 16.4 Å². The summed E-state index contributed by atoms with van der Waals surface area (Å²) in [6.07, 6.45) is 0.415. The van der Waals surface area contributed by atoms with E-state index < -0.39 is 17.7 Å². The number of hydrogen-bond acceptors (Lipinski definition) is 2. The largest absolute Gasteiger partial charge is 0.324 e. The lowest BCUT2D eigenvalue weighted by molar-refractivity contribution is 0.504. The molecule has 0 saturated heterocycles. The first-order valence-electron chi connectivity index (χ1n) is 6.36. The first-order valence-corrected chi connectivity index (χ1v) is 6.74. The van der Waals surface area contributed by atoms with E-state index in [0.29, 0.717) is 23.6 Å². The standard InChI is InChI=1S/C14H16ClF2N3/c1-3-20-13(14(15)8(2)19-20)7-12(18)9-4-5-10(16)11(17)6-9/h4-6,12H,3,7,18H2,1-2H3. The lowest BCUT2D eigenvalue weighted by Crippen LogP contribution is -2.16. The van der Waals surface area contributed by atoms with Crippen molar-refractivity contribution in [1.29, 1.82) is 0 Å². The topological polar surface area (TPSA) is 43.8 Å². The predicted octanol–water partition coefficient (Wildman–Crippen LogP) is 3.39. The molecule has 2 aromatic rings. The number of nitrogens with two attached hydrogens (primary N) is 1. The first-order chi connectivity index (χ1) is 9.43. The molecule has 0 spiro atoms. The van der Waals surface area contributed by atoms with Crippen molar-refractivity contribution in [2.45, 2.75) is 32.9 Å². The molecule has 1 heterocycles. The zero-order chi connectivity index (χ0) is 14.9. The molecule has 108 valence electrons. The third kappa shape index (κ3) is 2.83. The van der Waals surface area contributed by atoms with Gasteiger partial charge in [-0.15, -0.1) is 0 Å². The van der Waals surface area contributed by atoms with Crippen LogP contribution in [0.4, 0.5) is 8.78 Å². The second-order valence-electron chi connectivity index (χ2n) is 4.65. The summed E-state index contributed by atoms with van der Waals surface area (Å²) in [6.45, 7) is 4.45. The summed E-state index contributed by atoms with van der Waals surface area (Å²) in [5, 5.41) is 4.88. The number of aromatic nitrogens is 2. The summed E-state index contributed by atoms with van der Waals surface area (Å²) in [4.78, 5) is 0. The molecule has 3 nitrogen and oxygen atoms in total. The molecule has 2 N–H and O–H groups in total. The highest BCUT2D eigenvalue weighted by atomic mass is 35.5. The highest BCUT2D eigenvalue weighted by molar-refractivity contribution is 6.31. The van der Waals surface area contributed by atoms with Crippen molar-refractivity contribution >= 4 is 11.6 Å². The summed E-state index contributed by atoms with van der Waals surface area (Å²) in [5.41, 5.74) is 8.13. The fourth-order valence-electron chi connectivity index (χ4n) is 2.13. The van der Waals surface area contributed by atoms with Crippen LogP contribution in [0, 0.1) is 18.6 Å². The molecule has 6 heteroatoms. The molecule has 20 heavy (non-hydrogen) atoms. The molecule has 1 unspecified atom stereocenters. The van der Waals surface area contributed by atoms with Gasteiger partial charge < -0.3 is 5.73 Å². The second kappa shape index (κ2) is 5.89. The van der Waals surface area contributed by atoms with E-state index in [-0.39, 0.29) is 0 Å². The Balaban J connectivity index is 2.27. The maximum Gasteiger partial charge on any atom is 0.159 e. The van der Waals surface area contributed by atoms with Crippen LogP contribution in [0.5, 0.6) is 0 Å². The number of nitrogens with zero attached hydrogens (tertiary/aromatic N) is 2. The van der Waals surface area contributed by atoms with E-state index in [1.807, 2.05) is 13.8 Å². The SMILES string of the molecule is CCn1nc(C)c(Cl)c1CC(N)c1ccc(F)c(F)c1. The molecule has 0 aliphatic carbocycles. The third-order valence-corrected chi connectivity index (χ3v) is 3.73. The minimum Gasteiger partial charge on any atom is -0.324 e. The van der Waals surface area contributed by atoms with Crippen molar-refractivity contribution < 1.29 is 8.78 Å². The summed E-state index contributed by atoms with van der Waals surface area (Å²) < 4.78 is 27.9. The van der Waals surface area contributed by atoms with Crippen molar-refractivity contribution in [3.8, 4) is 0 Å². The molecule has 0 fully saturated rings. The molecule has 0 saturated carbocycles. The Labute approximate surface area is 121 Å². The Kier molecular flexibility index (Phi) is 4.40. The van der Waals surface area contributed by atoms with Crippen molar-refractivity contribution in [3.63, 3.8) is 0 Å². The van der Waals surface area contributed by atoms with Gasteiger partial charge in [0.1, 0.15) is 0 Å². The van der Waals surface area contributed by atoms with Crippen LogP contribution in [-0.2, 0) is 13.0 Å². The molecule has 0 aliphatic heterocycles. The van der Waals surface area contributed by atoms with Crippen LogP contribution in [0.3, 0.4) is 0 Å². The number of rotatable bonds is 4. The zero-order valence-corrected chi connectivity index (χ0v) is 12.1. The molecule has 0 radical (unpaired) electrons. The monoisotopic (exact) mass is 299 g/mol. The Hall–Kier alpha value is -1.46. The van der Waals surface area contributed by atoms with Crippen LogP contribution in [0.1, 0.15) is 29.9 Å². The van der Waals surface area contributed by atoms with Crippen molar-refractivity contribution in [1.82, 2.24) is 9.78 Å². The maximum atomic E-state index is 13.2. The predicted molar refractivity (Wildman–Crippen MR) is 74.6 cm³/mol. The lowest BCUT2D eigenvalue weighted by atomic mass is 10.0. The molecular formula is C14H16ClF2N3. The Morgan fingerprint density at radius 3 is 2.65 bits per heavy atom. The van der Waals surface area contributed by atoms with E-state index in [0.717, 1.165) is 23.5 Å². The van der Waals surface area contributed by atoms with Crippen LogP contribution >= 0.6 is 11.6 Å². The van der Waals surface area contributed by atoms with Crippen molar-refractivity contribution in [2.24, 2.45) is 5.73 Å². The van der Waals surface area contributed by atoms with Gasteiger partial charge in [0.15, 0.2) is 11.6 Å². The van der Waals surface area contributed by atoms with Gasteiger partial charge in [-0.3, -0.25) is 4.68 Å². The van der Waals surface area contributed by atoms with E-state index in [1.165, 1.54) is 6.07 Å². The molecule has 1 aromatic carbocycles. The Morgan fingerprint density at radius 1 is 1.35 bits per heavy atom. The molecule has 2 rings (SSSR count). The van der Waals surface area contributed by atoms with Crippen molar-refractivity contribution in [2.75, 3.05) is 0 Å². The van der Waals surface area contributed by atoms with Crippen LogP contribution in [0.2, 0.25) is 5.02 Å². The molecule has 1 atom stereocenters. The summed E-state index contributed by atoms with van der Waals surface area (Å²) in [7, 11) is 0. The summed E-state index contributed by atoms with van der Waals surface area (Å²) >= 11 is 6.21. The number of benzene rings is 1. The summed E-state index contributed by atoms with van der Waals surface area (Å²) in [6, 6.07) is 3.21. The minimum absolute atomic E-state index is 0.415. The highest BCUT2D eigenvalue weighted by Crippen LogP contribution is 2.25. The highest BCUT2D eigenvalue weighted by Gasteiger charge is 2.17. The quantitative estimate of drug-likeness (QED) is 0.940. The zero-order valence-electron chi connectivity index (χ0n) is 11.3. The van der Waals surface area contributed by atoms with Crippen LogP contribution in [0.25, 0.3) is 0 Å². The van der Waals surface area contributed by atoms with E-state index in [9.17, 15) is 8.78 Å². The van der Waals surface area contributed by atoms with Gasteiger partial charge in [-0.25, -0.2) is 8.78 Å².